The monoisotopic (exact) mass is 235 g/mol. The molecular weight excluding hydrogens is 214 g/mol. The average molecular weight is 235 g/mol. The molecular formula is C13H21N3O. The van der Waals surface area contributed by atoms with Crippen molar-refractivity contribution in [3.05, 3.63) is 28.9 Å². The minimum Gasteiger partial charge on any atom is -0.312 e. The van der Waals surface area contributed by atoms with E-state index in [9.17, 15) is 4.79 Å². The number of rotatable bonds is 4. The summed E-state index contributed by atoms with van der Waals surface area (Å²) in [7, 11) is 0. The van der Waals surface area contributed by atoms with Crippen molar-refractivity contribution in [3.8, 4) is 0 Å². The topological polar surface area (TPSA) is 46.9 Å². The Bertz CT molecular complexity index is 380. The fourth-order valence-corrected chi connectivity index (χ4v) is 2.43. The minimum absolute atomic E-state index is 0.157. The summed E-state index contributed by atoms with van der Waals surface area (Å²) in [5.74, 6) is 0. The molecule has 1 heterocycles. The molecule has 17 heavy (non-hydrogen) atoms. The molecule has 4 nitrogen and oxygen atoms in total. The Balaban J connectivity index is 1.75. The number of aromatic nitrogens is 2. The number of hydrogen-bond donors (Lipinski definition) is 1. The molecule has 0 radical (unpaired) electrons. The van der Waals surface area contributed by atoms with Gasteiger partial charge < -0.3 is 5.32 Å². The fourth-order valence-electron chi connectivity index (χ4n) is 2.43. The molecule has 0 aliphatic heterocycles. The second-order valence-corrected chi connectivity index (χ2v) is 4.74. The van der Waals surface area contributed by atoms with Crippen LogP contribution in [-0.2, 0) is 6.54 Å². The third kappa shape index (κ3) is 3.97. The van der Waals surface area contributed by atoms with E-state index in [1.54, 1.807) is 16.8 Å². The Morgan fingerprint density at radius 3 is 2.76 bits per heavy atom. The lowest BCUT2D eigenvalue weighted by atomic mass is 10.1. The summed E-state index contributed by atoms with van der Waals surface area (Å²) in [6.45, 7) is 1.57. The van der Waals surface area contributed by atoms with E-state index in [0.29, 0.717) is 12.6 Å². The molecule has 0 unspecified atom stereocenters. The normalized spacial score (nSPS) is 17.9. The van der Waals surface area contributed by atoms with E-state index in [0.717, 1.165) is 6.54 Å². The van der Waals surface area contributed by atoms with Crippen molar-refractivity contribution < 1.29 is 0 Å². The first kappa shape index (κ1) is 12.3. The second-order valence-electron chi connectivity index (χ2n) is 4.74. The van der Waals surface area contributed by atoms with Gasteiger partial charge in [-0.1, -0.05) is 25.7 Å². The third-order valence-electron chi connectivity index (χ3n) is 3.42. The van der Waals surface area contributed by atoms with Gasteiger partial charge in [-0.2, -0.15) is 0 Å². The highest BCUT2D eigenvalue weighted by atomic mass is 16.1. The summed E-state index contributed by atoms with van der Waals surface area (Å²) in [5, 5.41) is 3.55. The van der Waals surface area contributed by atoms with Crippen LogP contribution < -0.4 is 11.0 Å². The van der Waals surface area contributed by atoms with E-state index >= 15 is 0 Å². The van der Waals surface area contributed by atoms with Crippen LogP contribution in [0.15, 0.2) is 23.3 Å². The summed E-state index contributed by atoms with van der Waals surface area (Å²) in [4.78, 5) is 15.1. The van der Waals surface area contributed by atoms with Crippen molar-refractivity contribution in [2.24, 2.45) is 0 Å². The van der Waals surface area contributed by atoms with Crippen LogP contribution in [0.3, 0.4) is 0 Å². The summed E-state index contributed by atoms with van der Waals surface area (Å²) in [5.41, 5.74) is -0.157. The highest BCUT2D eigenvalue weighted by Gasteiger charge is 2.10. The van der Waals surface area contributed by atoms with Gasteiger partial charge in [-0.15, -0.1) is 0 Å². The van der Waals surface area contributed by atoms with Crippen LogP contribution in [0, 0.1) is 0 Å². The molecule has 0 aromatic carbocycles. The lowest BCUT2D eigenvalue weighted by Gasteiger charge is -2.16. The zero-order valence-electron chi connectivity index (χ0n) is 10.3. The highest BCUT2D eigenvalue weighted by Crippen LogP contribution is 2.16. The average Bonchev–Trinajstić information content (AvgIpc) is 2.60. The molecule has 1 fully saturated rings. The van der Waals surface area contributed by atoms with Crippen molar-refractivity contribution in [3.63, 3.8) is 0 Å². The molecule has 1 aromatic rings. The standard InChI is InChI=1S/C13H21N3O/c17-13-15-8-5-10-16(13)11-9-14-12-6-3-1-2-4-7-12/h5,8,10,12,14H,1-4,6-7,9,11H2. The molecule has 0 amide bonds. The van der Waals surface area contributed by atoms with E-state index < -0.39 is 0 Å². The van der Waals surface area contributed by atoms with E-state index in [2.05, 4.69) is 10.3 Å². The van der Waals surface area contributed by atoms with Gasteiger partial charge in [0, 0.05) is 31.5 Å². The van der Waals surface area contributed by atoms with Crippen LogP contribution >= 0.6 is 0 Å². The zero-order valence-corrected chi connectivity index (χ0v) is 10.3. The van der Waals surface area contributed by atoms with Crippen molar-refractivity contribution in [2.45, 2.75) is 51.1 Å². The van der Waals surface area contributed by atoms with Gasteiger partial charge in [-0.05, 0) is 18.9 Å². The number of nitrogens with one attached hydrogen (secondary N) is 1. The van der Waals surface area contributed by atoms with Crippen LogP contribution in [0.1, 0.15) is 38.5 Å². The molecule has 1 aromatic heterocycles. The molecule has 2 rings (SSSR count). The van der Waals surface area contributed by atoms with E-state index in [1.807, 2.05) is 0 Å². The Kier molecular flexibility index (Phi) is 4.74. The lowest BCUT2D eigenvalue weighted by molar-refractivity contribution is 0.441. The number of nitrogens with zero attached hydrogens (tertiary/aromatic N) is 2. The Morgan fingerprint density at radius 1 is 1.29 bits per heavy atom. The minimum atomic E-state index is -0.157. The summed E-state index contributed by atoms with van der Waals surface area (Å²) in [6, 6.07) is 2.44. The van der Waals surface area contributed by atoms with E-state index in [4.69, 9.17) is 0 Å². The summed E-state index contributed by atoms with van der Waals surface area (Å²) < 4.78 is 1.66. The first-order valence-corrected chi connectivity index (χ1v) is 6.61. The summed E-state index contributed by atoms with van der Waals surface area (Å²) in [6.07, 6.45) is 11.3. The summed E-state index contributed by atoms with van der Waals surface area (Å²) >= 11 is 0. The van der Waals surface area contributed by atoms with Gasteiger partial charge in [0.25, 0.3) is 0 Å². The highest BCUT2D eigenvalue weighted by molar-refractivity contribution is 4.81. The van der Waals surface area contributed by atoms with Crippen LogP contribution in [0.2, 0.25) is 0 Å². The molecule has 1 saturated carbocycles. The maximum absolute atomic E-state index is 11.4. The quantitative estimate of drug-likeness (QED) is 0.806. The third-order valence-corrected chi connectivity index (χ3v) is 3.42. The SMILES string of the molecule is O=c1ncccn1CCNC1CCCCCC1. The van der Waals surface area contributed by atoms with Crippen molar-refractivity contribution in [1.29, 1.82) is 0 Å². The fraction of sp³-hybridized carbons (Fsp3) is 0.692. The maximum Gasteiger partial charge on any atom is 0.347 e. The second kappa shape index (κ2) is 6.55. The Hall–Kier alpha value is -1.16. The van der Waals surface area contributed by atoms with E-state index in [-0.39, 0.29) is 5.69 Å². The molecule has 1 aliphatic rings. The van der Waals surface area contributed by atoms with Crippen molar-refractivity contribution in [1.82, 2.24) is 14.9 Å². The number of hydrogen-bond acceptors (Lipinski definition) is 3. The van der Waals surface area contributed by atoms with Gasteiger partial charge >= 0.3 is 5.69 Å². The molecule has 0 atom stereocenters. The Morgan fingerprint density at radius 2 is 2.06 bits per heavy atom. The van der Waals surface area contributed by atoms with Crippen molar-refractivity contribution >= 4 is 0 Å². The van der Waals surface area contributed by atoms with Gasteiger partial charge in [-0.3, -0.25) is 4.57 Å². The van der Waals surface area contributed by atoms with E-state index in [1.165, 1.54) is 44.7 Å². The molecule has 1 N–H and O–H groups in total. The zero-order chi connectivity index (χ0) is 11.9. The van der Waals surface area contributed by atoms with Crippen LogP contribution in [0.5, 0.6) is 0 Å². The molecule has 4 heteroatoms. The van der Waals surface area contributed by atoms with Crippen molar-refractivity contribution in [2.75, 3.05) is 6.54 Å². The van der Waals surface area contributed by atoms with Crippen LogP contribution in [0.4, 0.5) is 0 Å². The predicted octanol–water partition coefficient (Wildman–Crippen LogP) is 1.56. The van der Waals surface area contributed by atoms with Gasteiger partial charge in [0.2, 0.25) is 0 Å². The van der Waals surface area contributed by atoms with Crippen LogP contribution in [0.25, 0.3) is 0 Å². The van der Waals surface area contributed by atoms with Gasteiger partial charge in [-0.25, -0.2) is 9.78 Å². The smallest absolute Gasteiger partial charge is 0.312 e. The Labute approximate surface area is 102 Å². The molecule has 0 saturated heterocycles. The lowest BCUT2D eigenvalue weighted by Crippen LogP contribution is -2.34. The first-order chi connectivity index (χ1) is 8.36. The molecule has 94 valence electrons. The molecule has 0 spiro atoms. The van der Waals surface area contributed by atoms with Gasteiger partial charge in [0.15, 0.2) is 0 Å². The first-order valence-electron chi connectivity index (χ1n) is 6.61. The van der Waals surface area contributed by atoms with Gasteiger partial charge in [0.05, 0.1) is 0 Å². The largest absolute Gasteiger partial charge is 0.347 e. The van der Waals surface area contributed by atoms with Crippen LogP contribution in [-0.4, -0.2) is 22.1 Å². The molecule has 0 bridgehead atoms. The maximum atomic E-state index is 11.4. The molecule has 1 aliphatic carbocycles. The predicted molar refractivity (Wildman–Crippen MR) is 68.0 cm³/mol. The van der Waals surface area contributed by atoms with Gasteiger partial charge in [0.1, 0.15) is 0 Å².